The number of phenolic OH excluding ortho intramolecular Hbond substituents is 1. The normalized spacial score (nSPS) is 11.2. The molecule has 0 atom stereocenters. The monoisotopic (exact) mass is 320 g/mol. The highest BCUT2D eigenvalue weighted by Crippen LogP contribution is 2.30. The van der Waals surface area contributed by atoms with E-state index in [2.05, 4.69) is 26.2 Å². The molecule has 0 aliphatic rings. The first kappa shape index (κ1) is 14.4. The van der Waals surface area contributed by atoms with Gasteiger partial charge in [-0.2, -0.15) is 0 Å². The number of nitrogens with zero attached hydrogens (tertiary/aromatic N) is 1. The van der Waals surface area contributed by atoms with Crippen LogP contribution < -0.4 is 5.32 Å². The zero-order valence-electron chi connectivity index (χ0n) is 9.16. The molecule has 1 aromatic rings. The molecular formula is C11H14BrClN2O2. The highest BCUT2D eigenvalue weighted by molar-refractivity contribution is 9.10. The number of benzene rings is 1. The van der Waals surface area contributed by atoms with Crippen molar-refractivity contribution in [2.75, 3.05) is 26.2 Å². The Morgan fingerprint density at radius 2 is 2.18 bits per heavy atom. The number of hydrogen-bond acceptors (Lipinski definition) is 4. The first-order valence-electron chi connectivity index (χ1n) is 5.14. The first-order valence-corrected chi connectivity index (χ1v) is 6.31. The van der Waals surface area contributed by atoms with Crippen LogP contribution in [0.5, 0.6) is 5.75 Å². The molecule has 0 aromatic heterocycles. The minimum atomic E-state index is 0.117. The van der Waals surface area contributed by atoms with Gasteiger partial charge in [0.15, 0.2) is 0 Å². The Morgan fingerprint density at radius 3 is 2.88 bits per heavy atom. The van der Waals surface area contributed by atoms with Gasteiger partial charge in [-0.1, -0.05) is 11.6 Å². The second-order valence-electron chi connectivity index (χ2n) is 3.33. The van der Waals surface area contributed by atoms with Gasteiger partial charge in [-0.05, 0) is 28.1 Å². The quantitative estimate of drug-likeness (QED) is 0.553. The molecular weight excluding hydrogens is 307 g/mol. The van der Waals surface area contributed by atoms with E-state index in [-0.39, 0.29) is 12.4 Å². The van der Waals surface area contributed by atoms with Crippen molar-refractivity contribution in [3.05, 3.63) is 27.2 Å². The third kappa shape index (κ3) is 5.04. The second-order valence-corrected chi connectivity index (χ2v) is 4.63. The molecule has 0 bridgehead atoms. The number of hydrogen-bond donors (Lipinski definition) is 3. The number of aliphatic hydroxyl groups excluding tert-OH is 1. The molecule has 3 N–H and O–H groups in total. The van der Waals surface area contributed by atoms with Crippen LogP contribution in [0.3, 0.4) is 0 Å². The van der Waals surface area contributed by atoms with Gasteiger partial charge in [0.05, 0.1) is 17.6 Å². The Morgan fingerprint density at radius 1 is 1.41 bits per heavy atom. The minimum absolute atomic E-state index is 0.117. The van der Waals surface area contributed by atoms with Gasteiger partial charge in [0.2, 0.25) is 0 Å². The Labute approximate surface area is 113 Å². The van der Waals surface area contributed by atoms with E-state index >= 15 is 0 Å². The van der Waals surface area contributed by atoms with Gasteiger partial charge in [-0.15, -0.1) is 0 Å². The lowest BCUT2D eigenvalue weighted by atomic mass is 10.2. The molecule has 94 valence electrons. The number of halogens is 2. The number of aliphatic imine (C=N–C) groups is 1. The fourth-order valence-electron chi connectivity index (χ4n) is 1.19. The van der Waals surface area contributed by atoms with Crippen molar-refractivity contribution in [3.8, 4) is 5.75 Å². The molecule has 0 heterocycles. The molecule has 0 spiro atoms. The lowest BCUT2D eigenvalue weighted by Crippen LogP contribution is -2.21. The van der Waals surface area contributed by atoms with Crippen molar-refractivity contribution in [2.45, 2.75) is 0 Å². The summed E-state index contributed by atoms with van der Waals surface area (Å²) in [5, 5.41) is 21.8. The molecule has 1 aromatic carbocycles. The molecule has 0 radical (unpaired) electrons. The summed E-state index contributed by atoms with van der Waals surface area (Å²) in [5.74, 6) is 0.126. The number of nitrogens with one attached hydrogen (secondary N) is 1. The predicted octanol–water partition coefficient (Wildman–Crippen LogP) is 1.81. The molecule has 6 heteroatoms. The molecule has 4 nitrogen and oxygen atoms in total. The van der Waals surface area contributed by atoms with E-state index in [4.69, 9.17) is 16.7 Å². The molecule has 0 unspecified atom stereocenters. The van der Waals surface area contributed by atoms with E-state index in [1.54, 1.807) is 18.3 Å². The summed E-state index contributed by atoms with van der Waals surface area (Å²) in [4.78, 5) is 4.15. The van der Waals surface area contributed by atoms with Crippen LogP contribution >= 0.6 is 27.5 Å². The zero-order chi connectivity index (χ0) is 12.7. The molecule has 0 saturated heterocycles. The summed E-state index contributed by atoms with van der Waals surface area (Å²) in [7, 11) is 0. The standard InChI is InChI=1S/C11H14BrClN2O2/c12-10-6-9(13)5-8(11(10)17)7-15-2-1-14-3-4-16/h5-7,14,16-17H,1-4H2. The number of aromatic hydroxyl groups is 1. The topological polar surface area (TPSA) is 64.8 Å². The highest BCUT2D eigenvalue weighted by atomic mass is 79.9. The Bertz CT molecular complexity index is 399. The van der Waals surface area contributed by atoms with Crippen molar-refractivity contribution < 1.29 is 10.2 Å². The molecule has 0 fully saturated rings. The number of rotatable bonds is 6. The zero-order valence-corrected chi connectivity index (χ0v) is 11.5. The van der Waals surface area contributed by atoms with Gasteiger partial charge in [0.25, 0.3) is 0 Å². The Hall–Kier alpha value is -0.620. The van der Waals surface area contributed by atoms with E-state index in [1.807, 2.05) is 0 Å². The largest absolute Gasteiger partial charge is 0.506 e. The molecule has 0 aliphatic carbocycles. The fourth-order valence-corrected chi connectivity index (χ4v) is 2.03. The third-order valence-corrected chi connectivity index (χ3v) is 2.82. The van der Waals surface area contributed by atoms with Crippen molar-refractivity contribution in [2.24, 2.45) is 4.99 Å². The van der Waals surface area contributed by atoms with Gasteiger partial charge in [-0.3, -0.25) is 4.99 Å². The van der Waals surface area contributed by atoms with Crippen LogP contribution in [0.4, 0.5) is 0 Å². The highest BCUT2D eigenvalue weighted by Gasteiger charge is 2.04. The lowest BCUT2D eigenvalue weighted by molar-refractivity contribution is 0.293. The average molecular weight is 322 g/mol. The van der Waals surface area contributed by atoms with Crippen LogP contribution in [0.15, 0.2) is 21.6 Å². The van der Waals surface area contributed by atoms with E-state index in [1.165, 1.54) is 0 Å². The summed E-state index contributed by atoms with van der Waals surface area (Å²) in [6.07, 6.45) is 1.58. The fraction of sp³-hybridized carbons (Fsp3) is 0.364. The maximum atomic E-state index is 9.72. The molecule has 0 amide bonds. The Balaban J connectivity index is 2.53. The molecule has 17 heavy (non-hydrogen) atoms. The third-order valence-electron chi connectivity index (χ3n) is 1.99. The molecule has 0 aliphatic heterocycles. The van der Waals surface area contributed by atoms with Crippen LogP contribution in [-0.4, -0.2) is 42.7 Å². The second kappa shape index (κ2) is 7.66. The Kier molecular flexibility index (Phi) is 6.50. The summed E-state index contributed by atoms with van der Waals surface area (Å²) in [6.45, 7) is 1.93. The SMILES string of the molecule is OCCNCCN=Cc1cc(Cl)cc(Br)c1O. The van der Waals surface area contributed by atoms with Gasteiger partial charge in [0, 0.05) is 29.9 Å². The molecule has 0 saturated carbocycles. The van der Waals surface area contributed by atoms with Crippen LogP contribution in [0.2, 0.25) is 5.02 Å². The predicted molar refractivity (Wildman–Crippen MR) is 73.2 cm³/mol. The number of aliphatic hydroxyl groups is 1. The van der Waals surface area contributed by atoms with E-state index in [0.29, 0.717) is 34.7 Å². The summed E-state index contributed by atoms with van der Waals surface area (Å²) >= 11 is 9.06. The maximum absolute atomic E-state index is 9.72. The molecule has 1 rings (SSSR count). The van der Waals surface area contributed by atoms with Crippen molar-refractivity contribution >= 4 is 33.7 Å². The van der Waals surface area contributed by atoms with Gasteiger partial charge in [-0.25, -0.2) is 0 Å². The smallest absolute Gasteiger partial charge is 0.138 e. The van der Waals surface area contributed by atoms with Crippen LogP contribution in [0.1, 0.15) is 5.56 Å². The minimum Gasteiger partial charge on any atom is -0.506 e. The van der Waals surface area contributed by atoms with Gasteiger partial charge in [0.1, 0.15) is 5.75 Å². The summed E-state index contributed by atoms with van der Waals surface area (Å²) < 4.78 is 0.546. The summed E-state index contributed by atoms with van der Waals surface area (Å²) in [5.41, 5.74) is 0.575. The lowest BCUT2D eigenvalue weighted by Gasteiger charge is -2.03. The summed E-state index contributed by atoms with van der Waals surface area (Å²) in [6, 6.07) is 3.27. The maximum Gasteiger partial charge on any atom is 0.138 e. The first-order chi connectivity index (χ1) is 8.15. The van der Waals surface area contributed by atoms with Gasteiger partial charge < -0.3 is 15.5 Å². The van der Waals surface area contributed by atoms with Gasteiger partial charge >= 0.3 is 0 Å². The van der Waals surface area contributed by atoms with Crippen molar-refractivity contribution in [1.29, 1.82) is 0 Å². The van der Waals surface area contributed by atoms with E-state index in [9.17, 15) is 5.11 Å². The van der Waals surface area contributed by atoms with Crippen LogP contribution in [0.25, 0.3) is 0 Å². The van der Waals surface area contributed by atoms with Crippen LogP contribution in [0, 0.1) is 0 Å². The van der Waals surface area contributed by atoms with Crippen molar-refractivity contribution in [3.63, 3.8) is 0 Å². The van der Waals surface area contributed by atoms with Crippen LogP contribution in [-0.2, 0) is 0 Å². The average Bonchev–Trinajstić information content (AvgIpc) is 2.29. The van der Waals surface area contributed by atoms with E-state index < -0.39 is 0 Å². The van der Waals surface area contributed by atoms with Crippen molar-refractivity contribution in [1.82, 2.24) is 5.32 Å². The van der Waals surface area contributed by atoms with E-state index in [0.717, 1.165) is 0 Å². The number of phenols is 1.